The van der Waals surface area contributed by atoms with Crippen molar-refractivity contribution < 1.29 is 4.74 Å². The molecule has 3 rings (SSSR count). The van der Waals surface area contributed by atoms with E-state index in [-0.39, 0.29) is 6.10 Å². The van der Waals surface area contributed by atoms with Crippen LogP contribution in [0.1, 0.15) is 17.5 Å². The number of rotatable bonds is 3. The highest BCUT2D eigenvalue weighted by Gasteiger charge is 2.22. The largest absolute Gasteiger partial charge is 0.467 e. The third-order valence-corrected chi connectivity index (χ3v) is 4.50. The molecule has 122 valence electrons. The van der Waals surface area contributed by atoms with Gasteiger partial charge in [0.15, 0.2) is 0 Å². The highest BCUT2D eigenvalue weighted by molar-refractivity contribution is 6.42. The number of hydrogen-bond donors (Lipinski definition) is 1. The summed E-state index contributed by atoms with van der Waals surface area (Å²) in [7, 11) is 0. The van der Waals surface area contributed by atoms with Gasteiger partial charge in [-0.25, -0.2) is 4.98 Å². The minimum Gasteiger partial charge on any atom is -0.467 e. The number of nitrogens with one attached hydrogen (secondary N) is 1. The smallest absolute Gasteiger partial charge is 0.232 e. The second-order valence-corrected chi connectivity index (χ2v) is 6.17. The lowest BCUT2D eigenvalue weighted by molar-refractivity contribution is 0.245. The second-order valence-electron chi connectivity index (χ2n) is 5.36. The molecule has 0 unspecified atom stereocenters. The van der Waals surface area contributed by atoms with Gasteiger partial charge in [-0.3, -0.25) is 0 Å². The average molecular weight is 360 g/mol. The van der Waals surface area contributed by atoms with Gasteiger partial charge in [-0.05, 0) is 48.4 Å². The first-order valence-corrected chi connectivity index (χ1v) is 8.32. The number of nitrogens with zero attached hydrogens (tertiary/aromatic N) is 2. The van der Waals surface area contributed by atoms with Gasteiger partial charge in [-0.15, -0.1) is 0 Å². The summed E-state index contributed by atoms with van der Waals surface area (Å²) in [6, 6.07) is 11.0. The van der Waals surface area contributed by atoms with Crippen molar-refractivity contribution in [2.75, 3.05) is 13.1 Å². The summed E-state index contributed by atoms with van der Waals surface area (Å²) in [5.74, 6) is 0.333. The Balaban J connectivity index is 1.94. The molecule has 1 aromatic heterocycles. The van der Waals surface area contributed by atoms with Gasteiger partial charge in [0.1, 0.15) is 17.7 Å². The number of pyridine rings is 1. The van der Waals surface area contributed by atoms with Crippen molar-refractivity contribution >= 4 is 28.8 Å². The fourth-order valence-electron chi connectivity index (χ4n) is 2.59. The van der Waals surface area contributed by atoms with E-state index in [1.807, 2.05) is 12.1 Å². The Kier molecular flexibility index (Phi) is 5.37. The Labute approximate surface area is 150 Å². The first-order chi connectivity index (χ1) is 11.7. The fraction of sp³-hybridized carbons (Fsp3) is 0.222. The number of ether oxygens (including phenoxy) is 1. The lowest BCUT2D eigenvalue weighted by atomic mass is 10.00. The van der Waals surface area contributed by atoms with Gasteiger partial charge in [0.25, 0.3) is 0 Å². The number of halogens is 2. The molecule has 0 spiro atoms. The zero-order chi connectivity index (χ0) is 16.9. The molecule has 0 bridgehead atoms. The Morgan fingerprint density at radius 2 is 2.12 bits per heavy atom. The number of nitriles is 1. The van der Waals surface area contributed by atoms with Crippen molar-refractivity contribution in [2.24, 2.45) is 0 Å². The molecule has 0 fully saturated rings. The van der Waals surface area contributed by atoms with E-state index in [1.54, 1.807) is 24.4 Å². The molecule has 1 N–H and O–H groups in total. The summed E-state index contributed by atoms with van der Waals surface area (Å²) < 4.78 is 6.05. The van der Waals surface area contributed by atoms with E-state index in [1.165, 1.54) is 0 Å². The summed E-state index contributed by atoms with van der Waals surface area (Å²) in [5.41, 5.74) is 2.37. The maximum absolute atomic E-state index is 9.22. The van der Waals surface area contributed by atoms with Crippen LogP contribution in [0.5, 0.6) is 5.88 Å². The summed E-state index contributed by atoms with van der Waals surface area (Å²) in [6.45, 7) is 1.48. The van der Waals surface area contributed by atoms with Gasteiger partial charge in [-0.2, -0.15) is 5.26 Å². The van der Waals surface area contributed by atoms with Gasteiger partial charge >= 0.3 is 0 Å². The molecular weight excluding hydrogens is 345 g/mol. The monoisotopic (exact) mass is 359 g/mol. The molecule has 1 aliphatic heterocycles. The van der Waals surface area contributed by atoms with Crippen LogP contribution in [0.25, 0.3) is 5.57 Å². The van der Waals surface area contributed by atoms with Crippen molar-refractivity contribution in [1.82, 2.24) is 10.3 Å². The molecule has 1 aliphatic rings. The van der Waals surface area contributed by atoms with Gasteiger partial charge < -0.3 is 10.1 Å². The quantitative estimate of drug-likeness (QED) is 0.896. The van der Waals surface area contributed by atoms with Crippen molar-refractivity contribution in [3.8, 4) is 11.9 Å². The minimum atomic E-state index is -0.272. The molecule has 0 saturated heterocycles. The van der Waals surface area contributed by atoms with E-state index in [2.05, 4.69) is 22.4 Å². The first kappa shape index (κ1) is 16.8. The Morgan fingerprint density at radius 1 is 1.25 bits per heavy atom. The summed E-state index contributed by atoms with van der Waals surface area (Å²) >= 11 is 12.2. The molecule has 4 nitrogen and oxygen atoms in total. The SMILES string of the molecule is N#Cc1cccnc1O[C@H]1CNCCC=C1c1ccc(Cl)c(Cl)c1. The van der Waals surface area contributed by atoms with Gasteiger partial charge in [0, 0.05) is 12.7 Å². The normalized spacial score (nSPS) is 17.5. The van der Waals surface area contributed by atoms with E-state index in [0.29, 0.717) is 28.0 Å². The van der Waals surface area contributed by atoms with Crippen molar-refractivity contribution in [1.29, 1.82) is 5.26 Å². The average Bonchev–Trinajstić information content (AvgIpc) is 2.83. The Morgan fingerprint density at radius 3 is 2.92 bits per heavy atom. The Bertz CT molecular complexity index is 814. The molecule has 2 aromatic rings. The second kappa shape index (κ2) is 7.67. The zero-order valence-electron chi connectivity index (χ0n) is 12.8. The van der Waals surface area contributed by atoms with Crippen LogP contribution < -0.4 is 10.1 Å². The third-order valence-electron chi connectivity index (χ3n) is 3.76. The molecule has 2 heterocycles. The van der Waals surface area contributed by atoms with Gasteiger partial charge in [-0.1, -0.05) is 35.3 Å². The van der Waals surface area contributed by atoms with Crippen LogP contribution in [0, 0.1) is 11.3 Å². The highest BCUT2D eigenvalue weighted by atomic mass is 35.5. The van der Waals surface area contributed by atoms with Gasteiger partial charge in [0.05, 0.1) is 10.0 Å². The van der Waals surface area contributed by atoms with Crippen molar-refractivity contribution in [3.63, 3.8) is 0 Å². The lowest BCUT2D eigenvalue weighted by Gasteiger charge is -2.21. The Hall–Kier alpha value is -2.06. The van der Waals surface area contributed by atoms with Crippen LogP contribution in [0.4, 0.5) is 0 Å². The number of benzene rings is 1. The predicted molar refractivity (Wildman–Crippen MR) is 95.3 cm³/mol. The van der Waals surface area contributed by atoms with Crippen molar-refractivity contribution in [2.45, 2.75) is 12.5 Å². The van der Waals surface area contributed by atoms with E-state index in [9.17, 15) is 5.26 Å². The standard InChI is InChI=1S/C18H15Cl2N3O/c19-15-6-5-12(9-16(15)20)14-4-2-7-22-11-17(14)24-18-13(10-21)3-1-8-23-18/h1,3-6,8-9,17,22H,2,7,11H2/t17-/m0/s1. The molecule has 0 amide bonds. The van der Waals surface area contributed by atoms with E-state index < -0.39 is 0 Å². The van der Waals surface area contributed by atoms with Gasteiger partial charge in [0.2, 0.25) is 5.88 Å². The molecule has 24 heavy (non-hydrogen) atoms. The van der Waals surface area contributed by atoms with Crippen LogP contribution in [0.3, 0.4) is 0 Å². The highest BCUT2D eigenvalue weighted by Crippen LogP contribution is 2.30. The van der Waals surface area contributed by atoms with Crippen molar-refractivity contribution in [3.05, 3.63) is 63.8 Å². The molecule has 0 aliphatic carbocycles. The number of aromatic nitrogens is 1. The molecule has 6 heteroatoms. The fourth-order valence-corrected chi connectivity index (χ4v) is 2.89. The molecule has 1 aromatic carbocycles. The predicted octanol–water partition coefficient (Wildman–Crippen LogP) is 4.08. The third kappa shape index (κ3) is 3.70. The van der Waals surface area contributed by atoms with Crippen LogP contribution in [-0.4, -0.2) is 24.2 Å². The summed E-state index contributed by atoms with van der Waals surface area (Å²) in [5, 5.41) is 13.6. The molecular formula is C18H15Cl2N3O. The van der Waals surface area contributed by atoms with E-state index in [4.69, 9.17) is 27.9 Å². The summed E-state index contributed by atoms with van der Waals surface area (Å²) in [4.78, 5) is 4.19. The van der Waals surface area contributed by atoms with E-state index >= 15 is 0 Å². The molecule has 0 saturated carbocycles. The van der Waals surface area contributed by atoms with Crippen LogP contribution in [0.2, 0.25) is 10.0 Å². The van der Waals surface area contributed by atoms with Crippen LogP contribution in [-0.2, 0) is 0 Å². The number of hydrogen-bond acceptors (Lipinski definition) is 4. The molecule has 1 atom stereocenters. The summed E-state index contributed by atoms with van der Waals surface area (Å²) in [6.07, 6.45) is 4.34. The van der Waals surface area contributed by atoms with Crippen LogP contribution >= 0.6 is 23.2 Å². The van der Waals surface area contributed by atoms with E-state index in [0.717, 1.165) is 24.1 Å². The molecule has 0 radical (unpaired) electrons. The first-order valence-electron chi connectivity index (χ1n) is 7.57. The maximum Gasteiger partial charge on any atom is 0.232 e. The topological polar surface area (TPSA) is 57.9 Å². The maximum atomic E-state index is 9.22. The van der Waals surface area contributed by atoms with Crippen LogP contribution in [0.15, 0.2) is 42.6 Å². The zero-order valence-corrected chi connectivity index (χ0v) is 14.3. The minimum absolute atomic E-state index is 0.272. The lowest BCUT2D eigenvalue weighted by Crippen LogP contribution is -2.31.